The van der Waals surface area contributed by atoms with Crippen LogP contribution in [0.4, 0.5) is 0 Å². The van der Waals surface area contributed by atoms with E-state index in [1.807, 2.05) is 36.4 Å². The van der Waals surface area contributed by atoms with E-state index in [-0.39, 0.29) is 18.3 Å². The fourth-order valence-corrected chi connectivity index (χ4v) is 10.3. The molecule has 3 heterocycles. The zero-order chi connectivity index (χ0) is 25.6. The fraction of sp³-hybridized carbons (Fsp3) is 0.407. The molecular formula is C27H32N2O6Si. The first kappa shape index (κ1) is 24.9. The van der Waals surface area contributed by atoms with Crippen LogP contribution >= 0.6 is 0 Å². The van der Waals surface area contributed by atoms with Gasteiger partial charge in [0.2, 0.25) is 0 Å². The lowest BCUT2D eigenvalue weighted by molar-refractivity contribution is -0.186. The first-order valence-electron chi connectivity index (χ1n) is 12.1. The van der Waals surface area contributed by atoms with Gasteiger partial charge in [-0.2, -0.15) is 0 Å². The predicted octanol–water partition coefficient (Wildman–Crippen LogP) is 1.79. The number of methoxy groups -OCH3 is 1. The summed E-state index contributed by atoms with van der Waals surface area (Å²) in [6.07, 6.45) is -0.268. The number of fused-ring (bicyclic) bond motifs is 2. The normalized spacial score (nSPS) is 25.8. The third-order valence-electron chi connectivity index (χ3n) is 7.30. The largest absolute Gasteiger partial charge is 0.404 e. The van der Waals surface area contributed by atoms with Crippen molar-refractivity contribution in [3.8, 4) is 0 Å². The quantitative estimate of drug-likeness (QED) is 0.490. The van der Waals surface area contributed by atoms with Gasteiger partial charge in [0, 0.05) is 19.4 Å². The standard InChI is InChI=1S/C27H32N2O6Si/c1-26(2,3)36(19-11-7-5-8-12-19,20-13-9-6-10-14-20)34-18-27-17-33-22(23(27)32-4)24(35-27)29-16-15-21(30)28-25(29)31/h5-16,22-24H,17-18H2,1-4H3,(H,28,30,31)/t22?,23-,24-,27+/m1/s1. The van der Waals surface area contributed by atoms with Crippen molar-refractivity contribution < 1.29 is 18.6 Å². The number of hydrogen-bond acceptors (Lipinski definition) is 6. The summed E-state index contributed by atoms with van der Waals surface area (Å²) in [5, 5.41) is 2.12. The number of aromatic nitrogens is 2. The second-order valence-electron chi connectivity index (χ2n) is 10.5. The van der Waals surface area contributed by atoms with E-state index in [2.05, 4.69) is 50.0 Å². The van der Waals surface area contributed by atoms with E-state index in [0.717, 1.165) is 10.4 Å². The van der Waals surface area contributed by atoms with E-state index in [9.17, 15) is 9.59 Å². The Balaban J connectivity index is 1.55. The summed E-state index contributed by atoms with van der Waals surface area (Å²) in [4.78, 5) is 26.4. The van der Waals surface area contributed by atoms with Crippen molar-refractivity contribution in [2.75, 3.05) is 20.3 Å². The van der Waals surface area contributed by atoms with Crippen LogP contribution in [0.5, 0.6) is 0 Å². The van der Waals surface area contributed by atoms with Crippen LogP contribution < -0.4 is 21.6 Å². The van der Waals surface area contributed by atoms with Crippen LogP contribution in [0, 0.1) is 0 Å². The Kier molecular flexibility index (Phi) is 6.38. The first-order chi connectivity index (χ1) is 17.2. The molecule has 0 amide bonds. The van der Waals surface area contributed by atoms with Crippen LogP contribution in [0.15, 0.2) is 82.5 Å². The monoisotopic (exact) mass is 508 g/mol. The summed E-state index contributed by atoms with van der Waals surface area (Å²) in [6.45, 7) is 7.16. The number of aromatic amines is 1. The summed E-state index contributed by atoms with van der Waals surface area (Å²) in [6, 6.07) is 22.1. The number of benzene rings is 2. The van der Waals surface area contributed by atoms with Crippen molar-refractivity contribution in [2.45, 2.75) is 49.8 Å². The molecule has 36 heavy (non-hydrogen) atoms. The maximum absolute atomic E-state index is 12.5. The molecule has 1 unspecified atom stereocenters. The Bertz CT molecular complexity index is 1280. The number of ether oxygens (including phenoxy) is 3. The van der Waals surface area contributed by atoms with Crippen LogP contribution in [0.1, 0.15) is 27.0 Å². The van der Waals surface area contributed by atoms with E-state index in [1.165, 1.54) is 16.8 Å². The predicted molar refractivity (Wildman–Crippen MR) is 138 cm³/mol. The summed E-state index contributed by atoms with van der Waals surface area (Å²) in [7, 11) is -1.21. The molecule has 0 saturated carbocycles. The molecule has 9 heteroatoms. The van der Waals surface area contributed by atoms with Gasteiger partial charge in [0.1, 0.15) is 17.8 Å². The van der Waals surface area contributed by atoms with Crippen molar-refractivity contribution in [1.82, 2.24) is 9.55 Å². The second kappa shape index (κ2) is 9.24. The molecule has 4 atom stereocenters. The van der Waals surface area contributed by atoms with Crippen LogP contribution in [0.2, 0.25) is 5.04 Å². The lowest BCUT2D eigenvalue weighted by atomic mass is 10.0. The maximum atomic E-state index is 12.5. The van der Waals surface area contributed by atoms with Crippen molar-refractivity contribution in [3.63, 3.8) is 0 Å². The molecule has 1 aromatic heterocycles. The number of rotatable bonds is 7. The summed E-state index contributed by atoms with van der Waals surface area (Å²) in [5.74, 6) is 0. The van der Waals surface area contributed by atoms with Gasteiger partial charge in [0.15, 0.2) is 6.23 Å². The Labute approximate surface area is 210 Å². The van der Waals surface area contributed by atoms with Crippen molar-refractivity contribution >= 4 is 18.7 Å². The molecule has 2 bridgehead atoms. The van der Waals surface area contributed by atoms with Crippen molar-refractivity contribution in [3.05, 3.63) is 93.8 Å². The van der Waals surface area contributed by atoms with Crippen LogP contribution in [0.25, 0.3) is 0 Å². The van der Waals surface area contributed by atoms with Crippen molar-refractivity contribution in [1.29, 1.82) is 0 Å². The van der Waals surface area contributed by atoms with Gasteiger partial charge in [-0.15, -0.1) is 0 Å². The molecule has 8 nitrogen and oxygen atoms in total. The molecule has 1 N–H and O–H groups in total. The number of hydrogen-bond donors (Lipinski definition) is 1. The Morgan fingerprint density at radius 1 is 1.03 bits per heavy atom. The summed E-state index contributed by atoms with van der Waals surface area (Å²) >= 11 is 0. The van der Waals surface area contributed by atoms with E-state index in [4.69, 9.17) is 18.6 Å². The highest BCUT2D eigenvalue weighted by Crippen LogP contribution is 2.47. The Morgan fingerprint density at radius 3 is 2.17 bits per heavy atom. The summed E-state index contributed by atoms with van der Waals surface area (Å²) < 4.78 is 27.0. The third kappa shape index (κ3) is 3.91. The SMILES string of the molecule is CO[C@@H]1C2OC[C@@]1(CO[Si](c1ccccc1)(c1ccccc1)C(C)(C)C)O[C@H]2n1ccc(=O)[nH]c1=O. The minimum atomic E-state index is -2.83. The van der Waals surface area contributed by atoms with Gasteiger partial charge in [-0.25, -0.2) is 4.79 Å². The average Bonchev–Trinajstić information content (AvgIpc) is 3.37. The number of nitrogens with one attached hydrogen (secondary N) is 1. The molecule has 5 rings (SSSR count). The average molecular weight is 509 g/mol. The van der Waals surface area contributed by atoms with Crippen LogP contribution in [0.3, 0.4) is 0 Å². The Morgan fingerprint density at radius 2 is 1.64 bits per heavy atom. The second-order valence-corrected chi connectivity index (χ2v) is 14.8. The van der Waals surface area contributed by atoms with Crippen LogP contribution in [-0.4, -0.2) is 56.0 Å². The minimum Gasteiger partial charge on any atom is -0.404 e. The van der Waals surface area contributed by atoms with E-state index in [1.54, 1.807) is 7.11 Å². The van der Waals surface area contributed by atoms with Crippen LogP contribution in [-0.2, 0) is 18.6 Å². The molecular weight excluding hydrogens is 476 g/mol. The summed E-state index contributed by atoms with van der Waals surface area (Å²) in [5.41, 5.74) is -1.93. The highest BCUT2D eigenvalue weighted by molar-refractivity contribution is 6.99. The molecule has 0 spiro atoms. The smallest absolute Gasteiger partial charge is 0.330 e. The Hall–Kier alpha value is -2.82. The fourth-order valence-electron chi connectivity index (χ4n) is 5.69. The molecule has 0 radical (unpaired) electrons. The highest BCUT2D eigenvalue weighted by atomic mass is 28.4. The zero-order valence-electron chi connectivity index (χ0n) is 21.0. The zero-order valence-corrected chi connectivity index (χ0v) is 22.0. The van der Waals surface area contributed by atoms with Gasteiger partial charge >= 0.3 is 5.69 Å². The van der Waals surface area contributed by atoms with Crippen molar-refractivity contribution in [2.24, 2.45) is 0 Å². The molecule has 2 aliphatic heterocycles. The van der Waals surface area contributed by atoms with Gasteiger partial charge in [-0.1, -0.05) is 81.4 Å². The molecule has 3 aromatic rings. The van der Waals surface area contributed by atoms with E-state index < -0.39 is 43.6 Å². The molecule has 2 fully saturated rings. The molecule has 2 aliphatic rings. The highest BCUT2D eigenvalue weighted by Gasteiger charge is 2.64. The van der Waals surface area contributed by atoms with Gasteiger partial charge in [-0.3, -0.25) is 14.3 Å². The molecule has 190 valence electrons. The number of H-pyrrole nitrogens is 1. The third-order valence-corrected chi connectivity index (χ3v) is 12.3. The van der Waals surface area contributed by atoms with Gasteiger partial charge in [0.25, 0.3) is 13.9 Å². The first-order valence-corrected chi connectivity index (χ1v) is 14.0. The topological polar surface area (TPSA) is 91.8 Å². The lowest BCUT2D eigenvalue weighted by Gasteiger charge is -2.45. The van der Waals surface area contributed by atoms with Gasteiger partial charge in [-0.05, 0) is 15.4 Å². The van der Waals surface area contributed by atoms with E-state index >= 15 is 0 Å². The maximum Gasteiger partial charge on any atom is 0.330 e. The molecule has 2 aromatic carbocycles. The molecule has 2 saturated heterocycles. The van der Waals surface area contributed by atoms with Gasteiger partial charge in [0.05, 0.1) is 13.2 Å². The van der Waals surface area contributed by atoms with Gasteiger partial charge < -0.3 is 18.6 Å². The molecule has 0 aliphatic carbocycles. The lowest BCUT2D eigenvalue weighted by Crippen LogP contribution is -2.68. The minimum absolute atomic E-state index is 0.207. The number of nitrogens with zero attached hydrogens (tertiary/aromatic N) is 1. The van der Waals surface area contributed by atoms with E-state index in [0.29, 0.717) is 0 Å².